The molecule has 2 aliphatic heterocycles. The normalized spacial score (nSPS) is 24.3. The van der Waals surface area contributed by atoms with Crippen molar-refractivity contribution < 1.29 is 4.74 Å². The van der Waals surface area contributed by atoms with E-state index in [1.165, 1.54) is 5.56 Å². The van der Waals surface area contributed by atoms with Crippen LogP contribution in [0.2, 0.25) is 0 Å². The van der Waals surface area contributed by atoms with E-state index >= 15 is 0 Å². The first-order valence-corrected chi connectivity index (χ1v) is 6.15. The zero-order chi connectivity index (χ0) is 10.3. The van der Waals surface area contributed by atoms with E-state index in [0.29, 0.717) is 5.41 Å². The van der Waals surface area contributed by atoms with Crippen molar-refractivity contribution in [3.05, 3.63) is 34.3 Å². The topological polar surface area (TPSA) is 21.3 Å². The molecule has 2 aliphatic rings. The Morgan fingerprint density at radius 2 is 1.87 bits per heavy atom. The molecule has 2 heterocycles. The van der Waals surface area contributed by atoms with Gasteiger partial charge in [0.2, 0.25) is 0 Å². The summed E-state index contributed by atoms with van der Waals surface area (Å²) in [5.74, 6) is 0.757. The molecule has 1 N–H and O–H groups in total. The highest BCUT2D eigenvalue weighted by molar-refractivity contribution is 9.10. The molecule has 2 saturated heterocycles. The largest absolute Gasteiger partial charge is 0.379 e. The SMILES string of the molecule is Brc1ccc(C2(C3CNC3)COC2)cc1. The predicted molar refractivity (Wildman–Crippen MR) is 63.0 cm³/mol. The first kappa shape index (κ1) is 9.82. The van der Waals surface area contributed by atoms with Gasteiger partial charge in [-0.05, 0) is 23.6 Å². The molecular formula is C12H14BrNO. The molecule has 0 bridgehead atoms. The van der Waals surface area contributed by atoms with Crippen LogP contribution < -0.4 is 5.32 Å². The Labute approximate surface area is 98.1 Å². The third-order valence-corrected chi connectivity index (χ3v) is 4.23. The van der Waals surface area contributed by atoms with E-state index in [1.54, 1.807) is 0 Å². The maximum atomic E-state index is 5.44. The average Bonchev–Trinajstić information content (AvgIpc) is 2.10. The van der Waals surface area contributed by atoms with Crippen molar-refractivity contribution in [3.63, 3.8) is 0 Å². The molecule has 1 aromatic rings. The van der Waals surface area contributed by atoms with E-state index in [9.17, 15) is 0 Å². The molecule has 0 radical (unpaired) electrons. The molecule has 0 amide bonds. The number of hydrogen-bond acceptors (Lipinski definition) is 2. The molecule has 15 heavy (non-hydrogen) atoms. The Morgan fingerprint density at radius 3 is 2.27 bits per heavy atom. The summed E-state index contributed by atoms with van der Waals surface area (Å²) in [7, 11) is 0. The highest BCUT2D eigenvalue weighted by Crippen LogP contribution is 2.41. The van der Waals surface area contributed by atoms with Crippen LogP contribution in [0.5, 0.6) is 0 Å². The summed E-state index contributed by atoms with van der Waals surface area (Å²) >= 11 is 3.48. The maximum absolute atomic E-state index is 5.44. The molecule has 0 aliphatic carbocycles. The fourth-order valence-electron chi connectivity index (χ4n) is 2.42. The third-order valence-electron chi connectivity index (χ3n) is 3.70. The molecule has 0 aromatic heterocycles. The van der Waals surface area contributed by atoms with Crippen LogP contribution in [0.1, 0.15) is 5.56 Å². The standard InChI is InChI=1S/C12H14BrNO/c13-11-3-1-9(2-4-11)12(7-15-8-12)10-5-14-6-10/h1-4,10,14H,5-8H2. The number of nitrogens with one attached hydrogen (secondary N) is 1. The van der Waals surface area contributed by atoms with E-state index in [-0.39, 0.29) is 0 Å². The van der Waals surface area contributed by atoms with Gasteiger partial charge in [0.1, 0.15) is 0 Å². The molecular weight excluding hydrogens is 254 g/mol. The van der Waals surface area contributed by atoms with Crippen LogP contribution in [-0.4, -0.2) is 26.3 Å². The Hall–Kier alpha value is -0.380. The zero-order valence-corrected chi connectivity index (χ0v) is 10.1. The van der Waals surface area contributed by atoms with Crippen molar-refractivity contribution in [2.75, 3.05) is 26.3 Å². The van der Waals surface area contributed by atoms with Gasteiger partial charge in [-0.2, -0.15) is 0 Å². The van der Waals surface area contributed by atoms with Gasteiger partial charge in [-0.3, -0.25) is 0 Å². The molecule has 0 unspecified atom stereocenters. The van der Waals surface area contributed by atoms with Crippen molar-refractivity contribution in [1.29, 1.82) is 0 Å². The summed E-state index contributed by atoms with van der Waals surface area (Å²) in [5.41, 5.74) is 1.73. The Bertz CT molecular complexity index is 354. The molecule has 0 atom stereocenters. The van der Waals surface area contributed by atoms with Crippen molar-refractivity contribution in [1.82, 2.24) is 5.32 Å². The zero-order valence-electron chi connectivity index (χ0n) is 8.50. The number of rotatable bonds is 2. The van der Waals surface area contributed by atoms with Gasteiger partial charge in [-0.1, -0.05) is 28.1 Å². The van der Waals surface area contributed by atoms with Crippen LogP contribution in [0.25, 0.3) is 0 Å². The minimum Gasteiger partial charge on any atom is -0.379 e. The summed E-state index contributed by atoms with van der Waals surface area (Å²) in [6, 6.07) is 8.71. The Kier molecular flexibility index (Phi) is 2.34. The van der Waals surface area contributed by atoms with E-state index < -0.39 is 0 Å². The highest BCUT2D eigenvalue weighted by Gasteiger charge is 2.48. The summed E-state index contributed by atoms with van der Waals surface area (Å²) in [6.45, 7) is 4.06. The summed E-state index contributed by atoms with van der Waals surface area (Å²) in [4.78, 5) is 0. The minimum atomic E-state index is 0.298. The smallest absolute Gasteiger partial charge is 0.0589 e. The van der Waals surface area contributed by atoms with E-state index in [4.69, 9.17) is 4.74 Å². The van der Waals surface area contributed by atoms with Gasteiger partial charge in [0, 0.05) is 23.0 Å². The third kappa shape index (κ3) is 1.45. The van der Waals surface area contributed by atoms with Gasteiger partial charge in [0.05, 0.1) is 13.2 Å². The van der Waals surface area contributed by atoms with E-state index in [0.717, 1.165) is 36.7 Å². The van der Waals surface area contributed by atoms with Gasteiger partial charge >= 0.3 is 0 Å². The lowest BCUT2D eigenvalue weighted by atomic mass is 9.66. The molecule has 0 saturated carbocycles. The van der Waals surface area contributed by atoms with Crippen molar-refractivity contribution in [2.24, 2.45) is 5.92 Å². The number of benzene rings is 1. The molecule has 2 nitrogen and oxygen atoms in total. The quantitative estimate of drug-likeness (QED) is 0.885. The Morgan fingerprint density at radius 1 is 1.20 bits per heavy atom. The second-order valence-electron chi connectivity index (χ2n) is 4.51. The first-order chi connectivity index (χ1) is 7.31. The minimum absolute atomic E-state index is 0.298. The number of ether oxygens (including phenoxy) is 1. The molecule has 80 valence electrons. The molecule has 3 rings (SSSR count). The number of halogens is 1. The monoisotopic (exact) mass is 267 g/mol. The van der Waals surface area contributed by atoms with E-state index in [1.807, 2.05) is 0 Å². The highest BCUT2D eigenvalue weighted by atomic mass is 79.9. The lowest BCUT2D eigenvalue weighted by Gasteiger charge is -2.51. The second kappa shape index (κ2) is 3.58. The van der Waals surface area contributed by atoms with Gasteiger partial charge in [-0.25, -0.2) is 0 Å². The predicted octanol–water partition coefficient (Wildman–Crippen LogP) is 1.94. The summed E-state index contributed by atoms with van der Waals surface area (Å²) in [6.07, 6.45) is 0. The van der Waals surface area contributed by atoms with Gasteiger partial charge in [0.15, 0.2) is 0 Å². The van der Waals surface area contributed by atoms with Crippen LogP contribution in [0.4, 0.5) is 0 Å². The fraction of sp³-hybridized carbons (Fsp3) is 0.500. The first-order valence-electron chi connectivity index (χ1n) is 5.36. The molecule has 1 aromatic carbocycles. The van der Waals surface area contributed by atoms with Gasteiger partial charge < -0.3 is 10.1 Å². The van der Waals surface area contributed by atoms with Crippen LogP contribution in [0.3, 0.4) is 0 Å². The molecule has 2 fully saturated rings. The van der Waals surface area contributed by atoms with Crippen LogP contribution in [0.15, 0.2) is 28.7 Å². The average molecular weight is 268 g/mol. The van der Waals surface area contributed by atoms with Gasteiger partial charge in [-0.15, -0.1) is 0 Å². The summed E-state index contributed by atoms with van der Waals surface area (Å²) < 4.78 is 6.59. The Balaban J connectivity index is 1.92. The summed E-state index contributed by atoms with van der Waals surface area (Å²) in [5, 5.41) is 3.35. The van der Waals surface area contributed by atoms with Crippen LogP contribution in [-0.2, 0) is 10.2 Å². The molecule has 3 heteroatoms. The van der Waals surface area contributed by atoms with Crippen molar-refractivity contribution in [3.8, 4) is 0 Å². The van der Waals surface area contributed by atoms with Crippen molar-refractivity contribution >= 4 is 15.9 Å². The number of hydrogen-bond donors (Lipinski definition) is 1. The van der Waals surface area contributed by atoms with Crippen LogP contribution in [0, 0.1) is 5.92 Å². The maximum Gasteiger partial charge on any atom is 0.0589 e. The van der Waals surface area contributed by atoms with E-state index in [2.05, 4.69) is 45.5 Å². The lowest BCUT2D eigenvalue weighted by Crippen LogP contribution is -2.62. The fourth-order valence-corrected chi connectivity index (χ4v) is 2.69. The van der Waals surface area contributed by atoms with Gasteiger partial charge in [0.25, 0.3) is 0 Å². The lowest BCUT2D eigenvalue weighted by molar-refractivity contribution is -0.101. The second-order valence-corrected chi connectivity index (χ2v) is 5.43. The molecule has 0 spiro atoms. The van der Waals surface area contributed by atoms with Crippen LogP contribution >= 0.6 is 15.9 Å². The van der Waals surface area contributed by atoms with Crippen molar-refractivity contribution in [2.45, 2.75) is 5.41 Å².